The van der Waals surface area contributed by atoms with Gasteiger partial charge in [-0.2, -0.15) is 0 Å². The van der Waals surface area contributed by atoms with Crippen molar-refractivity contribution in [1.29, 1.82) is 0 Å². The summed E-state index contributed by atoms with van der Waals surface area (Å²) in [6.45, 7) is 6.31. The number of nitrogens with zero attached hydrogens (tertiary/aromatic N) is 2. The standard InChI is InChI=1S/C15H27N3S/c1-3-8-13-14(11-16)19-15(17-13)18-10-7-5-6-9-12(18)4-2/h12H,3-11,16H2,1-2H3. The maximum absolute atomic E-state index is 5.87. The van der Waals surface area contributed by atoms with Gasteiger partial charge in [-0.3, -0.25) is 0 Å². The molecule has 19 heavy (non-hydrogen) atoms. The summed E-state index contributed by atoms with van der Waals surface area (Å²) >= 11 is 1.82. The van der Waals surface area contributed by atoms with Crippen molar-refractivity contribution < 1.29 is 0 Å². The van der Waals surface area contributed by atoms with Crippen LogP contribution in [0.5, 0.6) is 0 Å². The second kappa shape index (κ2) is 7.25. The summed E-state index contributed by atoms with van der Waals surface area (Å²) in [6, 6.07) is 0.675. The van der Waals surface area contributed by atoms with E-state index in [1.807, 2.05) is 11.3 Å². The largest absolute Gasteiger partial charge is 0.345 e. The van der Waals surface area contributed by atoms with Crippen molar-refractivity contribution in [2.45, 2.75) is 71.4 Å². The molecule has 1 aromatic heterocycles. The van der Waals surface area contributed by atoms with Gasteiger partial charge in [0.1, 0.15) is 0 Å². The first kappa shape index (κ1) is 14.8. The predicted molar refractivity (Wildman–Crippen MR) is 83.9 cm³/mol. The Kier molecular flexibility index (Phi) is 5.64. The number of aromatic nitrogens is 1. The number of nitrogens with two attached hydrogens (primary N) is 1. The molecule has 0 bridgehead atoms. The van der Waals surface area contributed by atoms with Gasteiger partial charge in [0.2, 0.25) is 0 Å². The van der Waals surface area contributed by atoms with Gasteiger partial charge in [0, 0.05) is 24.0 Å². The molecule has 0 aromatic carbocycles. The molecule has 0 amide bonds. The molecule has 0 aliphatic carbocycles. The molecule has 0 saturated carbocycles. The Labute approximate surface area is 121 Å². The minimum Gasteiger partial charge on any atom is -0.345 e. The molecule has 1 aromatic rings. The summed E-state index contributed by atoms with van der Waals surface area (Å²) in [5.41, 5.74) is 7.11. The smallest absolute Gasteiger partial charge is 0.186 e. The summed E-state index contributed by atoms with van der Waals surface area (Å²) in [5, 5.41) is 1.22. The van der Waals surface area contributed by atoms with Crippen molar-refractivity contribution in [3.63, 3.8) is 0 Å². The van der Waals surface area contributed by atoms with E-state index in [9.17, 15) is 0 Å². The van der Waals surface area contributed by atoms with Crippen LogP contribution in [0.15, 0.2) is 0 Å². The van der Waals surface area contributed by atoms with E-state index in [2.05, 4.69) is 18.7 Å². The molecule has 1 saturated heterocycles. The Morgan fingerprint density at radius 3 is 2.84 bits per heavy atom. The minimum absolute atomic E-state index is 0.637. The lowest BCUT2D eigenvalue weighted by atomic mass is 10.1. The summed E-state index contributed by atoms with van der Waals surface area (Å²) < 4.78 is 0. The SMILES string of the molecule is CCCc1nc(N2CCCCCC2CC)sc1CN. The third-order valence-electron chi connectivity index (χ3n) is 4.03. The lowest BCUT2D eigenvalue weighted by Crippen LogP contribution is -2.34. The predicted octanol–water partition coefficient (Wildman–Crippen LogP) is 3.71. The van der Waals surface area contributed by atoms with Gasteiger partial charge in [0.25, 0.3) is 0 Å². The Morgan fingerprint density at radius 2 is 2.16 bits per heavy atom. The zero-order valence-corrected chi connectivity index (χ0v) is 13.1. The van der Waals surface area contributed by atoms with E-state index in [1.54, 1.807) is 0 Å². The fourth-order valence-electron chi connectivity index (χ4n) is 2.94. The Bertz CT molecular complexity index is 389. The van der Waals surface area contributed by atoms with E-state index in [0.717, 1.165) is 12.8 Å². The van der Waals surface area contributed by atoms with Gasteiger partial charge in [-0.1, -0.05) is 33.1 Å². The van der Waals surface area contributed by atoms with Gasteiger partial charge in [0.15, 0.2) is 5.13 Å². The lowest BCUT2D eigenvalue weighted by Gasteiger charge is -2.28. The van der Waals surface area contributed by atoms with Gasteiger partial charge in [0.05, 0.1) is 5.69 Å². The molecule has 108 valence electrons. The van der Waals surface area contributed by atoms with Gasteiger partial charge in [-0.05, 0) is 25.7 Å². The minimum atomic E-state index is 0.637. The van der Waals surface area contributed by atoms with Crippen LogP contribution < -0.4 is 10.6 Å². The van der Waals surface area contributed by atoms with Crippen LogP contribution >= 0.6 is 11.3 Å². The average molecular weight is 281 g/mol. The Hall–Kier alpha value is -0.610. The fraction of sp³-hybridized carbons (Fsp3) is 0.800. The van der Waals surface area contributed by atoms with Crippen LogP contribution in [0.25, 0.3) is 0 Å². The molecule has 0 spiro atoms. The first-order chi connectivity index (χ1) is 9.30. The zero-order chi connectivity index (χ0) is 13.7. The molecular weight excluding hydrogens is 254 g/mol. The van der Waals surface area contributed by atoms with Crippen LogP contribution in [0.4, 0.5) is 5.13 Å². The van der Waals surface area contributed by atoms with E-state index >= 15 is 0 Å². The van der Waals surface area contributed by atoms with Crippen molar-refractivity contribution >= 4 is 16.5 Å². The average Bonchev–Trinajstić information content (AvgIpc) is 2.68. The van der Waals surface area contributed by atoms with Crippen LogP contribution in [0.3, 0.4) is 0 Å². The maximum Gasteiger partial charge on any atom is 0.186 e. The molecular formula is C15H27N3S. The number of hydrogen-bond acceptors (Lipinski definition) is 4. The summed E-state index contributed by atoms with van der Waals surface area (Å²) in [5.74, 6) is 0. The number of anilines is 1. The number of aryl methyl sites for hydroxylation is 1. The van der Waals surface area contributed by atoms with Crippen molar-refractivity contribution in [3.05, 3.63) is 10.6 Å². The van der Waals surface area contributed by atoms with Crippen LogP contribution in [0, 0.1) is 0 Å². The molecule has 1 atom stereocenters. The molecule has 3 nitrogen and oxygen atoms in total. The molecule has 0 radical (unpaired) electrons. The normalized spacial score (nSPS) is 20.6. The highest BCUT2D eigenvalue weighted by atomic mass is 32.1. The summed E-state index contributed by atoms with van der Waals surface area (Å²) in [4.78, 5) is 8.74. The summed E-state index contributed by atoms with van der Waals surface area (Å²) in [6.07, 6.45) is 8.78. The molecule has 4 heteroatoms. The highest BCUT2D eigenvalue weighted by Crippen LogP contribution is 2.32. The number of thiazole rings is 1. The van der Waals surface area contributed by atoms with Gasteiger partial charge in [-0.25, -0.2) is 4.98 Å². The molecule has 1 fully saturated rings. The highest BCUT2D eigenvalue weighted by Gasteiger charge is 2.23. The van der Waals surface area contributed by atoms with E-state index in [-0.39, 0.29) is 0 Å². The fourth-order valence-corrected chi connectivity index (χ4v) is 4.02. The second-order valence-corrected chi connectivity index (χ2v) is 6.49. The lowest BCUT2D eigenvalue weighted by molar-refractivity contribution is 0.555. The molecule has 1 aliphatic rings. The van der Waals surface area contributed by atoms with Crippen molar-refractivity contribution in [2.75, 3.05) is 11.4 Å². The third kappa shape index (κ3) is 3.48. The number of rotatable bonds is 5. The first-order valence-corrected chi connectivity index (χ1v) is 8.57. The number of hydrogen-bond donors (Lipinski definition) is 1. The Balaban J connectivity index is 2.22. The van der Waals surface area contributed by atoms with Crippen molar-refractivity contribution in [3.8, 4) is 0 Å². The van der Waals surface area contributed by atoms with Gasteiger partial charge in [-0.15, -0.1) is 11.3 Å². The molecule has 1 aliphatic heterocycles. The first-order valence-electron chi connectivity index (χ1n) is 7.75. The van der Waals surface area contributed by atoms with E-state index in [0.29, 0.717) is 12.6 Å². The van der Waals surface area contributed by atoms with Crippen LogP contribution in [-0.2, 0) is 13.0 Å². The van der Waals surface area contributed by atoms with Crippen LogP contribution in [0.2, 0.25) is 0 Å². The topological polar surface area (TPSA) is 42.2 Å². The van der Waals surface area contributed by atoms with E-state index in [4.69, 9.17) is 10.7 Å². The van der Waals surface area contributed by atoms with Crippen molar-refractivity contribution in [1.82, 2.24) is 4.98 Å². The molecule has 2 rings (SSSR count). The quantitative estimate of drug-likeness (QED) is 0.894. The van der Waals surface area contributed by atoms with Crippen molar-refractivity contribution in [2.24, 2.45) is 5.73 Å². The monoisotopic (exact) mass is 281 g/mol. The molecule has 2 N–H and O–H groups in total. The van der Waals surface area contributed by atoms with Gasteiger partial charge >= 0.3 is 0 Å². The Morgan fingerprint density at radius 1 is 1.32 bits per heavy atom. The summed E-state index contributed by atoms with van der Waals surface area (Å²) in [7, 11) is 0. The zero-order valence-electron chi connectivity index (χ0n) is 12.3. The highest BCUT2D eigenvalue weighted by molar-refractivity contribution is 7.15. The maximum atomic E-state index is 5.87. The van der Waals surface area contributed by atoms with E-state index < -0.39 is 0 Å². The van der Waals surface area contributed by atoms with Gasteiger partial charge < -0.3 is 10.6 Å². The molecule has 2 heterocycles. The third-order valence-corrected chi connectivity index (χ3v) is 5.19. The van der Waals surface area contributed by atoms with Crippen LogP contribution in [-0.4, -0.2) is 17.6 Å². The second-order valence-electron chi connectivity index (χ2n) is 5.43. The molecule has 1 unspecified atom stereocenters. The van der Waals surface area contributed by atoms with Crippen LogP contribution in [0.1, 0.15) is 62.9 Å². The van der Waals surface area contributed by atoms with E-state index in [1.165, 1.54) is 54.4 Å².